The zero-order valence-corrected chi connectivity index (χ0v) is 14.3. The fraction of sp³-hybridized carbons (Fsp3) is 0.706. The van der Waals surface area contributed by atoms with Gasteiger partial charge in [0.25, 0.3) is 0 Å². The van der Waals surface area contributed by atoms with Gasteiger partial charge in [0.1, 0.15) is 0 Å². The van der Waals surface area contributed by atoms with Crippen molar-refractivity contribution < 1.29 is 4.79 Å². The number of nitrogens with two attached hydrogens (primary N) is 1. The van der Waals surface area contributed by atoms with Crippen LogP contribution < -0.4 is 11.1 Å². The Morgan fingerprint density at radius 1 is 1.38 bits per heavy atom. The van der Waals surface area contributed by atoms with E-state index in [4.69, 9.17) is 5.73 Å². The summed E-state index contributed by atoms with van der Waals surface area (Å²) >= 11 is 1.81. The van der Waals surface area contributed by atoms with E-state index in [0.29, 0.717) is 0 Å². The molecule has 3 N–H and O–H groups in total. The van der Waals surface area contributed by atoms with E-state index in [1.54, 1.807) is 0 Å². The summed E-state index contributed by atoms with van der Waals surface area (Å²) in [5.74, 6) is -0.0241. The van der Waals surface area contributed by atoms with E-state index in [-0.39, 0.29) is 16.7 Å². The van der Waals surface area contributed by atoms with Crippen LogP contribution in [0.15, 0.2) is 17.5 Å². The molecule has 1 aliphatic rings. The van der Waals surface area contributed by atoms with Crippen molar-refractivity contribution in [1.29, 1.82) is 0 Å². The molecule has 1 atom stereocenters. The van der Waals surface area contributed by atoms with E-state index in [9.17, 15) is 4.79 Å². The highest BCUT2D eigenvalue weighted by atomic mass is 32.1. The summed E-state index contributed by atoms with van der Waals surface area (Å²) in [6.45, 7) is 6.74. The minimum Gasteiger partial charge on any atom is -0.354 e. The Labute approximate surface area is 132 Å². The second-order valence-corrected chi connectivity index (χ2v) is 8.33. The molecule has 1 fully saturated rings. The summed E-state index contributed by atoms with van der Waals surface area (Å²) in [6, 6.07) is 3.87. The molecule has 1 heterocycles. The van der Waals surface area contributed by atoms with E-state index in [2.05, 4.69) is 22.8 Å². The largest absolute Gasteiger partial charge is 0.354 e. The Kier molecular flexibility index (Phi) is 5.10. The number of carbonyl (C=O) groups excluding carboxylic acids is 1. The third-order valence-corrected chi connectivity index (χ3v) is 5.79. The number of hydrogen-bond donors (Lipinski definition) is 2. The molecule has 21 heavy (non-hydrogen) atoms. The minimum atomic E-state index is -0.457. The van der Waals surface area contributed by atoms with Gasteiger partial charge in [0.05, 0.1) is 6.04 Å². The first-order valence-electron chi connectivity index (χ1n) is 7.92. The van der Waals surface area contributed by atoms with Crippen LogP contribution in [0, 0.1) is 5.41 Å². The van der Waals surface area contributed by atoms with Gasteiger partial charge in [-0.15, -0.1) is 11.3 Å². The Morgan fingerprint density at radius 2 is 2.05 bits per heavy atom. The van der Waals surface area contributed by atoms with Crippen LogP contribution in [0.5, 0.6) is 0 Å². The average molecular weight is 308 g/mol. The van der Waals surface area contributed by atoms with Gasteiger partial charge in [0.15, 0.2) is 0 Å². The molecule has 0 spiro atoms. The topological polar surface area (TPSA) is 55.1 Å². The predicted molar refractivity (Wildman–Crippen MR) is 89.5 cm³/mol. The number of thiophene rings is 1. The molecule has 0 aromatic carbocycles. The van der Waals surface area contributed by atoms with Crippen LogP contribution in [0.3, 0.4) is 0 Å². The molecule has 0 radical (unpaired) electrons. The van der Waals surface area contributed by atoms with Crippen LogP contribution >= 0.6 is 11.3 Å². The summed E-state index contributed by atoms with van der Waals surface area (Å²) in [5.41, 5.74) is 5.99. The van der Waals surface area contributed by atoms with Crippen molar-refractivity contribution in [1.82, 2.24) is 5.32 Å². The van der Waals surface area contributed by atoms with Crippen LogP contribution in [0.4, 0.5) is 0 Å². The lowest BCUT2D eigenvalue weighted by atomic mass is 9.73. The summed E-state index contributed by atoms with van der Waals surface area (Å²) in [6.07, 6.45) is 6.14. The summed E-state index contributed by atoms with van der Waals surface area (Å²) in [4.78, 5) is 13.7. The van der Waals surface area contributed by atoms with Gasteiger partial charge >= 0.3 is 0 Å². The maximum absolute atomic E-state index is 12.3. The van der Waals surface area contributed by atoms with E-state index < -0.39 is 6.04 Å². The number of carbonyl (C=O) groups is 1. The Hall–Kier alpha value is -0.870. The highest BCUT2D eigenvalue weighted by Gasteiger charge is 2.36. The normalized spacial score (nSPS) is 20.0. The molecule has 1 aromatic rings. The van der Waals surface area contributed by atoms with Gasteiger partial charge in [-0.1, -0.05) is 46.1 Å². The fourth-order valence-electron chi connectivity index (χ4n) is 3.08. The van der Waals surface area contributed by atoms with Crippen molar-refractivity contribution in [3.05, 3.63) is 22.4 Å². The molecule has 0 bridgehead atoms. The van der Waals surface area contributed by atoms with Crippen LogP contribution in [0.25, 0.3) is 0 Å². The molecule has 1 aromatic heterocycles. The zero-order valence-electron chi connectivity index (χ0n) is 13.4. The highest BCUT2D eigenvalue weighted by molar-refractivity contribution is 7.10. The smallest absolute Gasteiger partial charge is 0.237 e. The van der Waals surface area contributed by atoms with Crippen LogP contribution in [-0.2, 0) is 10.2 Å². The van der Waals surface area contributed by atoms with Crippen LogP contribution in [-0.4, -0.2) is 18.5 Å². The average Bonchev–Trinajstić information content (AvgIpc) is 2.98. The molecule has 1 aliphatic carbocycles. The van der Waals surface area contributed by atoms with Crippen molar-refractivity contribution in [2.24, 2.45) is 11.1 Å². The van der Waals surface area contributed by atoms with Crippen molar-refractivity contribution >= 4 is 17.2 Å². The predicted octanol–water partition coefficient (Wildman–Crippen LogP) is 3.44. The van der Waals surface area contributed by atoms with Crippen molar-refractivity contribution in [2.45, 2.75) is 64.3 Å². The molecular weight excluding hydrogens is 280 g/mol. The monoisotopic (exact) mass is 308 g/mol. The maximum atomic E-state index is 12.3. The van der Waals surface area contributed by atoms with Gasteiger partial charge in [-0.2, -0.15) is 0 Å². The van der Waals surface area contributed by atoms with Gasteiger partial charge in [0.2, 0.25) is 5.91 Å². The van der Waals surface area contributed by atoms with Gasteiger partial charge in [-0.05, 0) is 29.7 Å². The van der Waals surface area contributed by atoms with E-state index >= 15 is 0 Å². The Morgan fingerprint density at radius 3 is 2.57 bits per heavy atom. The first-order valence-corrected chi connectivity index (χ1v) is 8.80. The third kappa shape index (κ3) is 3.86. The standard InChI is InChI=1S/C17H28N2OS/c1-16(2,3)14(18)15(20)19-12-17(9-5-4-6-10-17)13-8-7-11-21-13/h7-8,11,14H,4-6,9-10,12,18H2,1-3H3,(H,19,20)/t14-/m1/s1. The molecule has 118 valence electrons. The third-order valence-electron chi connectivity index (χ3n) is 4.67. The molecule has 0 saturated heterocycles. The molecule has 1 amide bonds. The minimum absolute atomic E-state index is 0.0241. The lowest BCUT2D eigenvalue weighted by Gasteiger charge is -2.37. The lowest BCUT2D eigenvalue weighted by Crippen LogP contribution is -2.52. The van der Waals surface area contributed by atoms with E-state index in [1.165, 1.54) is 37.0 Å². The number of rotatable bonds is 4. The molecule has 0 unspecified atom stereocenters. The molecular formula is C17H28N2OS. The van der Waals surface area contributed by atoms with Gasteiger partial charge in [-0.3, -0.25) is 4.79 Å². The lowest BCUT2D eigenvalue weighted by molar-refractivity contribution is -0.124. The molecule has 0 aliphatic heterocycles. The summed E-state index contributed by atoms with van der Waals surface area (Å²) in [5, 5.41) is 5.26. The molecule has 2 rings (SSSR count). The van der Waals surface area contributed by atoms with Gasteiger partial charge in [-0.25, -0.2) is 0 Å². The zero-order chi connectivity index (χ0) is 15.5. The van der Waals surface area contributed by atoms with Crippen LogP contribution in [0.1, 0.15) is 57.8 Å². The molecule has 4 heteroatoms. The number of amides is 1. The number of hydrogen-bond acceptors (Lipinski definition) is 3. The second kappa shape index (κ2) is 6.49. The number of nitrogens with one attached hydrogen (secondary N) is 1. The van der Waals surface area contributed by atoms with Gasteiger partial charge < -0.3 is 11.1 Å². The van der Waals surface area contributed by atoms with Crippen molar-refractivity contribution in [2.75, 3.05) is 6.54 Å². The van der Waals surface area contributed by atoms with Crippen molar-refractivity contribution in [3.8, 4) is 0 Å². The maximum Gasteiger partial charge on any atom is 0.237 e. The molecule has 1 saturated carbocycles. The second-order valence-electron chi connectivity index (χ2n) is 7.38. The Bertz CT molecular complexity index is 456. The first kappa shape index (κ1) is 16.5. The first-order chi connectivity index (χ1) is 9.85. The SMILES string of the molecule is CC(C)(C)[C@H](N)C(=O)NCC1(c2cccs2)CCCCC1. The molecule has 3 nitrogen and oxygen atoms in total. The van der Waals surface area contributed by atoms with Crippen molar-refractivity contribution in [3.63, 3.8) is 0 Å². The summed E-state index contributed by atoms with van der Waals surface area (Å²) in [7, 11) is 0. The van der Waals surface area contributed by atoms with E-state index in [1.807, 2.05) is 32.1 Å². The highest BCUT2D eigenvalue weighted by Crippen LogP contribution is 2.41. The summed E-state index contributed by atoms with van der Waals surface area (Å²) < 4.78 is 0. The quantitative estimate of drug-likeness (QED) is 0.895. The van der Waals surface area contributed by atoms with Gasteiger partial charge in [0, 0.05) is 16.8 Å². The Balaban J connectivity index is 2.05. The van der Waals surface area contributed by atoms with E-state index in [0.717, 1.165) is 6.54 Å². The fourth-order valence-corrected chi connectivity index (χ4v) is 4.07. The van der Waals surface area contributed by atoms with Crippen LogP contribution in [0.2, 0.25) is 0 Å².